The second kappa shape index (κ2) is 8.35. The summed E-state index contributed by atoms with van der Waals surface area (Å²) in [5.74, 6) is 0.105. The molecule has 1 saturated heterocycles. The lowest BCUT2D eigenvalue weighted by atomic mass is 9.95. The lowest BCUT2D eigenvalue weighted by Gasteiger charge is -2.39. The number of ketones is 1. The van der Waals surface area contributed by atoms with Gasteiger partial charge in [-0.25, -0.2) is 4.79 Å². The summed E-state index contributed by atoms with van der Waals surface area (Å²) in [7, 11) is 0. The molecule has 0 bridgehead atoms. The molecule has 0 saturated carbocycles. The first-order valence-corrected chi connectivity index (χ1v) is 10.1. The molecule has 2 heterocycles. The van der Waals surface area contributed by atoms with Gasteiger partial charge in [0, 0.05) is 34.7 Å². The first kappa shape index (κ1) is 20.4. The lowest BCUT2D eigenvalue weighted by molar-refractivity contribution is 0.0443. The minimum absolute atomic E-state index is 0.0917. The monoisotopic (exact) mass is 385 g/mol. The van der Waals surface area contributed by atoms with Gasteiger partial charge in [0.1, 0.15) is 5.60 Å². The van der Waals surface area contributed by atoms with Crippen molar-refractivity contribution in [1.29, 1.82) is 0 Å². The van der Waals surface area contributed by atoms with Crippen molar-refractivity contribution in [3.63, 3.8) is 0 Å². The summed E-state index contributed by atoms with van der Waals surface area (Å²) >= 11 is 0. The van der Waals surface area contributed by atoms with Gasteiger partial charge >= 0.3 is 6.09 Å². The molecule has 3 rings (SSSR count). The van der Waals surface area contributed by atoms with Crippen LogP contribution in [0.1, 0.15) is 57.3 Å². The van der Waals surface area contributed by atoms with Crippen LogP contribution >= 0.6 is 0 Å². The number of carbonyl (C=O) groups excluding carboxylic acids is 2. The number of nitrogens with one attached hydrogen (secondary N) is 2. The second-order valence-corrected chi connectivity index (χ2v) is 8.64. The predicted molar refractivity (Wildman–Crippen MR) is 111 cm³/mol. The molecule has 6 nitrogen and oxygen atoms in total. The molecule has 0 aliphatic carbocycles. The van der Waals surface area contributed by atoms with E-state index >= 15 is 0 Å². The Bertz CT molecular complexity index is 837. The fraction of sp³-hybridized carbons (Fsp3) is 0.545. The van der Waals surface area contributed by atoms with E-state index in [1.807, 2.05) is 52.0 Å². The summed E-state index contributed by atoms with van der Waals surface area (Å²) in [6, 6.07) is 7.88. The van der Waals surface area contributed by atoms with Gasteiger partial charge in [-0.15, -0.1) is 0 Å². The van der Waals surface area contributed by atoms with E-state index in [0.29, 0.717) is 6.54 Å². The van der Waals surface area contributed by atoms with Gasteiger partial charge in [-0.3, -0.25) is 9.69 Å². The van der Waals surface area contributed by atoms with Crippen LogP contribution in [0.25, 0.3) is 10.9 Å². The Hall–Kier alpha value is -2.34. The minimum Gasteiger partial charge on any atom is -0.444 e. The highest BCUT2D eigenvalue weighted by Gasteiger charge is 2.31. The zero-order chi connectivity index (χ0) is 20.3. The molecule has 1 amide bonds. The smallest absolute Gasteiger partial charge is 0.407 e. The summed E-state index contributed by atoms with van der Waals surface area (Å²) in [5, 5.41) is 3.91. The van der Waals surface area contributed by atoms with Crippen molar-refractivity contribution in [2.45, 2.75) is 64.6 Å². The molecule has 0 spiro atoms. The third-order valence-electron chi connectivity index (χ3n) is 5.22. The normalized spacial score (nSPS) is 19.4. The molecule has 0 radical (unpaired) electrons. The molecule has 1 fully saturated rings. The number of para-hydroxylation sites is 1. The summed E-state index contributed by atoms with van der Waals surface area (Å²) in [6.45, 7) is 8.76. The Balaban J connectivity index is 1.67. The highest BCUT2D eigenvalue weighted by atomic mass is 16.6. The van der Waals surface area contributed by atoms with E-state index in [1.54, 1.807) is 6.20 Å². The minimum atomic E-state index is -0.526. The number of likely N-dealkylation sites (tertiary alicyclic amines) is 1. The van der Waals surface area contributed by atoms with Crippen LogP contribution in [0.15, 0.2) is 30.5 Å². The van der Waals surface area contributed by atoms with Crippen molar-refractivity contribution in [3.8, 4) is 0 Å². The van der Waals surface area contributed by atoms with Gasteiger partial charge in [-0.05, 0) is 53.1 Å². The Morgan fingerprint density at radius 3 is 2.79 bits per heavy atom. The van der Waals surface area contributed by atoms with Gasteiger partial charge < -0.3 is 15.0 Å². The molecule has 1 aliphatic heterocycles. The maximum Gasteiger partial charge on any atom is 0.407 e. The number of Topliss-reactive ketones (excluding diaryl/α,β-unsaturated/α-hetero) is 1. The van der Waals surface area contributed by atoms with Crippen LogP contribution < -0.4 is 5.32 Å². The Morgan fingerprint density at radius 2 is 2.04 bits per heavy atom. The van der Waals surface area contributed by atoms with Gasteiger partial charge in [0.2, 0.25) is 0 Å². The van der Waals surface area contributed by atoms with Crippen molar-refractivity contribution in [2.75, 3.05) is 13.1 Å². The second-order valence-electron chi connectivity index (χ2n) is 8.64. The first-order valence-electron chi connectivity index (χ1n) is 10.1. The molecule has 2 unspecified atom stereocenters. The molecule has 1 aliphatic rings. The molecule has 1 aromatic heterocycles. The van der Waals surface area contributed by atoms with Crippen LogP contribution in [0.2, 0.25) is 0 Å². The Kier molecular flexibility index (Phi) is 6.08. The Morgan fingerprint density at radius 1 is 1.29 bits per heavy atom. The Labute approximate surface area is 166 Å². The standard InChI is InChI=1S/C22H31N3O3/c1-15(24-21(27)28-22(2,3)4)19-11-7-8-12-25(19)14-20(26)17-13-23-18-10-6-5-9-16(17)18/h5-6,9-10,13,15,19,23H,7-8,11-12,14H2,1-4H3,(H,24,27). The number of hydrogen-bond donors (Lipinski definition) is 2. The first-order chi connectivity index (χ1) is 13.2. The third-order valence-corrected chi connectivity index (χ3v) is 5.22. The largest absolute Gasteiger partial charge is 0.444 e. The number of alkyl carbamates (subject to hydrolysis) is 1. The number of carbonyl (C=O) groups is 2. The van der Waals surface area contributed by atoms with Crippen molar-refractivity contribution in [3.05, 3.63) is 36.0 Å². The number of aromatic amines is 1. The number of piperidine rings is 1. The molecule has 2 N–H and O–H groups in total. The summed E-state index contributed by atoms with van der Waals surface area (Å²) in [4.78, 5) is 30.5. The van der Waals surface area contributed by atoms with E-state index in [1.165, 1.54) is 0 Å². The number of nitrogens with zero attached hydrogens (tertiary/aromatic N) is 1. The molecule has 1 aromatic carbocycles. The van der Waals surface area contributed by atoms with E-state index in [9.17, 15) is 9.59 Å². The lowest BCUT2D eigenvalue weighted by Crippen LogP contribution is -2.54. The maximum absolute atomic E-state index is 13.0. The molecular formula is C22H31N3O3. The van der Waals surface area contributed by atoms with Crippen molar-refractivity contribution >= 4 is 22.8 Å². The summed E-state index contributed by atoms with van der Waals surface area (Å²) in [5.41, 5.74) is 1.18. The zero-order valence-corrected chi connectivity index (χ0v) is 17.2. The van der Waals surface area contributed by atoms with Crippen molar-refractivity contribution in [2.24, 2.45) is 0 Å². The molecule has 28 heavy (non-hydrogen) atoms. The van der Waals surface area contributed by atoms with Gasteiger partial charge in [-0.1, -0.05) is 24.6 Å². The van der Waals surface area contributed by atoms with Crippen LogP contribution in [-0.4, -0.2) is 52.5 Å². The highest BCUT2D eigenvalue weighted by molar-refractivity contribution is 6.08. The number of ether oxygens (including phenoxy) is 1. The maximum atomic E-state index is 13.0. The van der Waals surface area contributed by atoms with Gasteiger partial charge in [0.05, 0.1) is 6.54 Å². The number of fused-ring (bicyclic) bond motifs is 1. The van der Waals surface area contributed by atoms with Crippen molar-refractivity contribution in [1.82, 2.24) is 15.2 Å². The zero-order valence-electron chi connectivity index (χ0n) is 17.2. The van der Waals surface area contributed by atoms with Crippen molar-refractivity contribution < 1.29 is 14.3 Å². The van der Waals surface area contributed by atoms with Crippen LogP contribution in [0.5, 0.6) is 0 Å². The number of benzene rings is 1. The number of aromatic nitrogens is 1. The molecular weight excluding hydrogens is 354 g/mol. The molecule has 2 atom stereocenters. The average Bonchev–Trinajstić information content (AvgIpc) is 3.04. The van der Waals surface area contributed by atoms with Crippen LogP contribution in [0.3, 0.4) is 0 Å². The number of hydrogen-bond acceptors (Lipinski definition) is 4. The fourth-order valence-corrected chi connectivity index (χ4v) is 3.94. The topological polar surface area (TPSA) is 74.4 Å². The van der Waals surface area contributed by atoms with Gasteiger partial charge in [-0.2, -0.15) is 0 Å². The van der Waals surface area contributed by atoms with Gasteiger partial charge in [0.15, 0.2) is 5.78 Å². The summed E-state index contributed by atoms with van der Waals surface area (Å²) < 4.78 is 5.38. The van der Waals surface area contributed by atoms with Gasteiger partial charge in [0.25, 0.3) is 0 Å². The van der Waals surface area contributed by atoms with Crippen LogP contribution in [0.4, 0.5) is 4.79 Å². The predicted octanol–water partition coefficient (Wildman–Crippen LogP) is 4.12. The molecule has 6 heteroatoms. The fourth-order valence-electron chi connectivity index (χ4n) is 3.94. The van der Waals surface area contributed by atoms with E-state index < -0.39 is 11.7 Å². The summed E-state index contributed by atoms with van der Waals surface area (Å²) in [6.07, 6.45) is 4.51. The van der Waals surface area contributed by atoms with Crippen LogP contribution in [-0.2, 0) is 4.74 Å². The number of amides is 1. The quantitative estimate of drug-likeness (QED) is 0.760. The van der Waals surface area contributed by atoms with E-state index in [0.717, 1.165) is 42.3 Å². The number of rotatable bonds is 5. The SMILES string of the molecule is CC(NC(=O)OC(C)(C)C)C1CCCCN1CC(=O)c1c[nH]c2ccccc12. The van der Waals surface area contributed by atoms with E-state index in [-0.39, 0.29) is 17.9 Å². The highest BCUT2D eigenvalue weighted by Crippen LogP contribution is 2.23. The van der Waals surface area contributed by atoms with E-state index in [2.05, 4.69) is 15.2 Å². The van der Waals surface area contributed by atoms with E-state index in [4.69, 9.17) is 4.74 Å². The third kappa shape index (κ3) is 4.93. The van der Waals surface area contributed by atoms with Crippen LogP contribution in [0, 0.1) is 0 Å². The molecule has 2 aromatic rings. The number of H-pyrrole nitrogens is 1. The average molecular weight is 386 g/mol. The molecule has 152 valence electrons.